The second kappa shape index (κ2) is 6.76. The predicted octanol–water partition coefficient (Wildman–Crippen LogP) is 1.51. The zero-order chi connectivity index (χ0) is 17.0. The summed E-state index contributed by atoms with van der Waals surface area (Å²) < 4.78 is 39.9. The largest absolute Gasteiger partial charge is 0.508 e. The van der Waals surface area contributed by atoms with E-state index in [1.54, 1.807) is 0 Å². The average Bonchev–Trinajstić information content (AvgIpc) is 2.48. The molecule has 6 nitrogen and oxygen atoms in total. The maximum atomic E-state index is 13.6. The monoisotopic (exact) mass is 339 g/mol. The average molecular weight is 339 g/mol. The van der Waals surface area contributed by atoms with Crippen LogP contribution in [0.15, 0.2) is 53.4 Å². The van der Waals surface area contributed by atoms with Crippen LogP contribution in [0.4, 0.5) is 4.39 Å². The molecule has 0 aliphatic rings. The number of phenols is 1. The van der Waals surface area contributed by atoms with Crippen molar-refractivity contribution in [1.82, 2.24) is 4.72 Å². The molecule has 0 saturated carbocycles. The molecule has 0 spiro atoms. The van der Waals surface area contributed by atoms with E-state index in [0.29, 0.717) is 5.56 Å². The predicted molar refractivity (Wildman–Crippen MR) is 80.0 cm³/mol. The van der Waals surface area contributed by atoms with Crippen molar-refractivity contribution >= 4 is 16.0 Å². The first-order valence-corrected chi connectivity index (χ1v) is 8.05. The van der Waals surface area contributed by atoms with Crippen LogP contribution in [-0.2, 0) is 21.2 Å². The van der Waals surface area contributed by atoms with Crippen LogP contribution in [0.25, 0.3) is 0 Å². The number of hydrogen-bond acceptors (Lipinski definition) is 4. The van der Waals surface area contributed by atoms with Crippen molar-refractivity contribution in [2.24, 2.45) is 0 Å². The third kappa shape index (κ3) is 4.27. The quantitative estimate of drug-likeness (QED) is 0.740. The zero-order valence-electron chi connectivity index (χ0n) is 11.8. The number of carboxylic acids is 1. The molecule has 122 valence electrons. The first-order chi connectivity index (χ1) is 10.8. The van der Waals surface area contributed by atoms with Crippen LogP contribution >= 0.6 is 0 Å². The molecule has 23 heavy (non-hydrogen) atoms. The number of nitrogens with one attached hydrogen (secondary N) is 1. The van der Waals surface area contributed by atoms with Crippen molar-refractivity contribution in [2.75, 3.05) is 0 Å². The van der Waals surface area contributed by atoms with Crippen molar-refractivity contribution in [3.63, 3.8) is 0 Å². The van der Waals surface area contributed by atoms with E-state index in [9.17, 15) is 27.8 Å². The molecule has 0 aliphatic carbocycles. The molecular formula is C15H14FNO5S. The normalized spacial score (nSPS) is 12.7. The van der Waals surface area contributed by atoms with Crippen molar-refractivity contribution in [1.29, 1.82) is 0 Å². The summed E-state index contributed by atoms with van der Waals surface area (Å²) in [5, 5.41) is 18.4. The van der Waals surface area contributed by atoms with Gasteiger partial charge in [0.2, 0.25) is 10.0 Å². The van der Waals surface area contributed by atoms with Crippen LogP contribution < -0.4 is 4.72 Å². The topological polar surface area (TPSA) is 104 Å². The van der Waals surface area contributed by atoms with E-state index < -0.39 is 32.7 Å². The van der Waals surface area contributed by atoms with E-state index in [4.69, 9.17) is 0 Å². The Kier molecular flexibility index (Phi) is 4.97. The highest BCUT2D eigenvalue weighted by atomic mass is 32.2. The van der Waals surface area contributed by atoms with Gasteiger partial charge in [-0.2, -0.15) is 4.72 Å². The maximum absolute atomic E-state index is 13.6. The second-order valence-corrected chi connectivity index (χ2v) is 6.50. The van der Waals surface area contributed by atoms with E-state index >= 15 is 0 Å². The Morgan fingerprint density at radius 2 is 1.74 bits per heavy atom. The van der Waals surface area contributed by atoms with Gasteiger partial charge >= 0.3 is 5.97 Å². The van der Waals surface area contributed by atoms with Crippen LogP contribution in [0.1, 0.15) is 5.56 Å². The van der Waals surface area contributed by atoms with E-state index in [1.807, 2.05) is 4.72 Å². The number of benzene rings is 2. The van der Waals surface area contributed by atoms with Gasteiger partial charge in [0.15, 0.2) is 0 Å². The number of carboxylic acid groups (broad SMARTS) is 1. The van der Waals surface area contributed by atoms with E-state index in [2.05, 4.69) is 0 Å². The molecule has 0 aliphatic heterocycles. The number of rotatable bonds is 6. The van der Waals surface area contributed by atoms with Gasteiger partial charge in [0.1, 0.15) is 22.5 Å². The molecule has 0 saturated heterocycles. The fraction of sp³-hybridized carbons (Fsp3) is 0.133. The Hall–Kier alpha value is -2.45. The molecule has 0 radical (unpaired) electrons. The number of carbonyl (C=O) groups is 1. The van der Waals surface area contributed by atoms with Gasteiger partial charge < -0.3 is 10.2 Å². The smallest absolute Gasteiger partial charge is 0.322 e. The molecule has 2 aromatic carbocycles. The number of halogens is 1. The van der Waals surface area contributed by atoms with E-state index in [-0.39, 0.29) is 12.2 Å². The molecule has 2 rings (SSSR count). The van der Waals surface area contributed by atoms with Gasteiger partial charge in [-0.15, -0.1) is 0 Å². The summed E-state index contributed by atoms with van der Waals surface area (Å²) >= 11 is 0. The summed E-state index contributed by atoms with van der Waals surface area (Å²) in [5.41, 5.74) is 0.506. The lowest BCUT2D eigenvalue weighted by molar-refractivity contribution is -0.138. The van der Waals surface area contributed by atoms with Gasteiger partial charge in [0, 0.05) is 0 Å². The summed E-state index contributed by atoms with van der Waals surface area (Å²) in [6.07, 6.45) is -0.150. The third-order valence-corrected chi connectivity index (χ3v) is 4.60. The lowest BCUT2D eigenvalue weighted by atomic mass is 10.1. The van der Waals surface area contributed by atoms with Crippen molar-refractivity contribution in [3.8, 4) is 5.75 Å². The number of aliphatic carboxylic acids is 1. The van der Waals surface area contributed by atoms with Crippen LogP contribution in [0.3, 0.4) is 0 Å². The minimum atomic E-state index is -4.32. The van der Waals surface area contributed by atoms with Crippen LogP contribution in [0.5, 0.6) is 5.75 Å². The summed E-state index contributed by atoms with van der Waals surface area (Å²) in [7, 11) is -4.32. The van der Waals surface area contributed by atoms with Crippen molar-refractivity contribution in [3.05, 3.63) is 59.9 Å². The lowest BCUT2D eigenvalue weighted by Crippen LogP contribution is -2.42. The minimum Gasteiger partial charge on any atom is -0.508 e. The zero-order valence-corrected chi connectivity index (χ0v) is 12.6. The lowest BCUT2D eigenvalue weighted by Gasteiger charge is -2.15. The molecule has 2 aromatic rings. The van der Waals surface area contributed by atoms with Crippen LogP contribution in [0.2, 0.25) is 0 Å². The SMILES string of the molecule is O=C(O)C(Cc1ccc(O)cc1)NS(=O)(=O)c1ccccc1F. The summed E-state index contributed by atoms with van der Waals surface area (Å²) in [6.45, 7) is 0. The Labute approximate surface area is 132 Å². The van der Waals surface area contributed by atoms with Crippen LogP contribution in [0, 0.1) is 5.82 Å². The first-order valence-electron chi connectivity index (χ1n) is 6.57. The number of sulfonamides is 1. The molecule has 3 N–H and O–H groups in total. The molecule has 0 amide bonds. The van der Waals surface area contributed by atoms with E-state index in [0.717, 1.165) is 12.1 Å². The second-order valence-electron chi connectivity index (χ2n) is 4.81. The van der Waals surface area contributed by atoms with Crippen molar-refractivity contribution in [2.45, 2.75) is 17.4 Å². The standard InChI is InChI=1S/C15H14FNO5S/c16-12-3-1-2-4-14(12)23(21,22)17-13(15(19)20)9-10-5-7-11(18)8-6-10/h1-8,13,17-18H,9H2,(H,19,20). The highest BCUT2D eigenvalue weighted by Gasteiger charge is 2.27. The highest BCUT2D eigenvalue weighted by molar-refractivity contribution is 7.89. The molecule has 0 aromatic heterocycles. The van der Waals surface area contributed by atoms with E-state index in [1.165, 1.54) is 36.4 Å². The van der Waals surface area contributed by atoms with Gasteiger partial charge in [-0.1, -0.05) is 24.3 Å². The van der Waals surface area contributed by atoms with Crippen molar-refractivity contribution < 1.29 is 27.8 Å². The van der Waals surface area contributed by atoms with Crippen LogP contribution in [-0.4, -0.2) is 30.6 Å². The Morgan fingerprint density at radius 3 is 2.30 bits per heavy atom. The fourth-order valence-corrected chi connectivity index (χ4v) is 3.23. The van der Waals surface area contributed by atoms with Gasteiger partial charge in [0.05, 0.1) is 0 Å². The molecular weight excluding hydrogens is 325 g/mol. The summed E-state index contributed by atoms with van der Waals surface area (Å²) in [4.78, 5) is 10.7. The molecule has 0 fully saturated rings. The van der Waals surface area contributed by atoms with Gasteiger partial charge in [-0.3, -0.25) is 4.79 Å². The summed E-state index contributed by atoms with van der Waals surface area (Å²) in [6, 6.07) is 8.91. The molecule has 8 heteroatoms. The maximum Gasteiger partial charge on any atom is 0.322 e. The Bertz CT molecular complexity index is 805. The summed E-state index contributed by atoms with van der Waals surface area (Å²) in [5.74, 6) is -2.35. The van der Waals surface area contributed by atoms with Gasteiger partial charge in [-0.05, 0) is 36.2 Å². The molecule has 1 atom stereocenters. The van der Waals surface area contributed by atoms with Gasteiger partial charge in [-0.25, -0.2) is 12.8 Å². The molecule has 1 unspecified atom stereocenters. The Balaban J connectivity index is 2.24. The first kappa shape index (κ1) is 16.9. The Morgan fingerprint density at radius 1 is 1.13 bits per heavy atom. The highest BCUT2D eigenvalue weighted by Crippen LogP contribution is 2.16. The van der Waals surface area contributed by atoms with Gasteiger partial charge in [0.25, 0.3) is 0 Å². The number of phenolic OH excluding ortho intramolecular Hbond substituents is 1. The molecule has 0 heterocycles. The minimum absolute atomic E-state index is 0.00700. The fourth-order valence-electron chi connectivity index (χ4n) is 1.96. The molecule has 0 bridgehead atoms. The number of hydrogen-bond donors (Lipinski definition) is 3. The third-order valence-electron chi connectivity index (χ3n) is 3.10. The number of aromatic hydroxyl groups is 1.